The molecule has 3 heterocycles. The summed E-state index contributed by atoms with van der Waals surface area (Å²) in [7, 11) is 5.54. The average Bonchev–Trinajstić information content (AvgIpc) is 3.08. The van der Waals surface area contributed by atoms with Crippen molar-refractivity contribution in [1.29, 1.82) is 0 Å². The van der Waals surface area contributed by atoms with Crippen molar-refractivity contribution in [1.82, 2.24) is 19.9 Å². The maximum Gasteiger partial charge on any atom is 0.157 e. The van der Waals surface area contributed by atoms with E-state index in [9.17, 15) is 0 Å². The lowest BCUT2D eigenvalue weighted by Gasteiger charge is -2.35. The van der Waals surface area contributed by atoms with Crippen molar-refractivity contribution >= 4 is 39.4 Å². The van der Waals surface area contributed by atoms with Gasteiger partial charge in [0.1, 0.15) is 22.7 Å². The van der Waals surface area contributed by atoms with Crippen LogP contribution in [0.2, 0.25) is 0 Å². The first kappa shape index (κ1) is 18.3. The van der Waals surface area contributed by atoms with Gasteiger partial charge in [0.05, 0.1) is 29.7 Å². The number of aromatic nitrogens is 3. The Bertz CT molecular complexity index is 941. The van der Waals surface area contributed by atoms with E-state index in [1.807, 2.05) is 18.3 Å². The number of fused-ring (bicyclic) bond motifs is 1. The summed E-state index contributed by atoms with van der Waals surface area (Å²) in [6.07, 6.45) is 3.69. The number of hydrogen-bond acceptors (Lipinski definition) is 6. The molecule has 0 bridgehead atoms. The van der Waals surface area contributed by atoms with Gasteiger partial charge in [0, 0.05) is 37.9 Å². The van der Waals surface area contributed by atoms with Gasteiger partial charge in [-0.25, -0.2) is 9.97 Å². The van der Waals surface area contributed by atoms with E-state index in [0.717, 1.165) is 69.4 Å². The fourth-order valence-electron chi connectivity index (χ4n) is 3.38. The third kappa shape index (κ3) is 3.43. The van der Waals surface area contributed by atoms with Gasteiger partial charge in [0.25, 0.3) is 0 Å². The Morgan fingerprint density at radius 2 is 1.74 bits per heavy atom. The summed E-state index contributed by atoms with van der Waals surface area (Å²) >= 11 is 2.26. The highest BCUT2D eigenvalue weighted by atomic mass is 127. The second-order valence-corrected chi connectivity index (χ2v) is 7.77. The predicted molar refractivity (Wildman–Crippen MR) is 115 cm³/mol. The maximum atomic E-state index is 5.74. The van der Waals surface area contributed by atoms with Crippen LogP contribution in [-0.2, 0) is 0 Å². The number of halogens is 1. The van der Waals surface area contributed by atoms with Crippen molar-refractivity contribution in [3.63, 3.8) is 0 Å². The van der Waals surface area contributed by atoms with Crippen molar-refractivity contribution in [3.05, 3.63) is 28.1 Å². The van der Waals surface area contributed by atoms with E-state index < -0.39 is 0 Å². The highest BCUT2D eigenvalue weighted by Crippen LogP contribution is 2.42. The molecule has 7 nitrogen and oxygen atoms in total. The van der Waals surface area contributed by atoms with Gasteiger partial charge < -0.3 is 24.3 Å². The van der Waals surface area contributed by atoms with Crippen molar-refractivity contribution in [2.24, 2.45) is 0 Å². The molecule has 8 heteroatoms. The second kappa shape index (κ2) is 7.51. The standard InChI is InChI=1S/C19H22IN5O2/c1-24-4-6-25(7-5-24)18-15(26-2)8-12(9-16(18)27-3)14-11-22-19-17(23-14)13(20)10-21-19/h8-11H,4-7H2,1-3H3,(H,21,22). The van der Waals surface area contributed by atoms with Crippen molar-refractivity contribution in [3.8, 4) is 22.8 Å². The number of nitrogens with zero attached hydrogens (tertiary/aromatic N) is 4. The number of likely N-dealkylation sites (N-methyl/N-ethyl adjacent to an activating group) is 1. The summed E-state index contributed by atoms with van der Waals surface area (Å²) < 4.78 is 12.5. The van der Waals surface area contributed by atoms with Crippen LogP contribution in [0.1, 0.15) is 0 Å². The molecule has 1 aliphatic rings. The van der Waals surface area contributed by atoms with Crippen LogP contribution in [0.4, 0.5) is 5.69 Å². The van der Waals surface area contributed by atoms with Gasteiger partial charge in [-0.1, -0.05) is 0 Å². The second-order valence-electron chi connectivity index (χ2n) is 6.61. The minimum absolute atomic E-state index is 0.788. The SMILES string of the molecule is COc1cc(-c2cnc3[nH]cc(I)c3n2)cc(OC)c1N1CCN(C)CC1. The van der Waals surface area contributed by atoms with Crippen LogP contribution in [0.5, 0.6) is 11.5 Å². The first-order valence-corrected chi connectivity index (χ1v) is 9.88. The van der Waals surface area contributed by atoms with Gasteiger partial charge in [-0.15, -0.1) is 0 Å². The van der Waals surface area contributed by atoms with Gasteiger partial charge in [0.15, 0.2) is 5.65 Å². The molecule has 3 aromatic rings. The molecule has 1 aliphatic heterocycles. The van der Waals surface area contributed by atoms with Crippen LogP contribution in [0, 0.1) is 3.57 Å². The molecule has 1 saturated heterocycles. The molecule has 0 saturated carbocycles. The van der Waals surface area contributed by atoms with Crippen LogP contribution in [0.25, 0.3) is 22.4 Å². The topological polar surface area (TPSA) is 66.5 Å². The predicted octanol–water partition coefficient (Wildman–Crippen LogP) is 3.00. The van der Waals surface area contributed by atoms with Gasteiger partial charge in [-0.05, 0) is 41.8 Å². The summed E-state index contributed by atoms with van der Waals surface area (Å²) in [4.78, 5) is 17.0. The van der Waals surface area contributed by atoms with E-state index in [4.69, 9.17) is 14.5 Å². The Hall–Kier alpha value is -2.07. The Balaban J connectivity index is 1.79. The fourth-order valence-corrected chi connectivity index (χ4v) is 3.92. The van der Waals surface area contributed by atoms with E-state index >= 15 is 0 Å². The van der Waals surface area contributed by atoms with E-state index in [1.54, 1.807) is 20.4 Å². The normalized spacial score (nSPS) is 15.3. The molecule has 0 radical (unpaired) electrons. The molecule has 142 valence electrons. The van der Waals surface area contributed by atoms with Crippen LogP contribution < -0.4 is 14.4 Å². The highest BCUT2D eigenvalue weighted by Gasteiger charge is 2.23. The number of hydrogen-bond donors (Lipinski definition) is 1. The summed E-state index contributed by atoms with van der Waals surface area (Å²) in [5, 5.41) is 0. The minimum atomic E-state index is 0.788. The van der Waals surface area contributed by atoms with Crippen molar-refractivity contribution in [2.75, 3.05) is 52.3 Å². The van der Waals surface area contributed by atoms with Gasteiger partial charge in [0.2, 0.25) is 0 Å². The van der Waals surface area contributed by atoms with Crippen molar-refractivity contribution < 1.29 is 9.47 Å². The van der Waals surface area contributed by atoms with Crippen LogP contribution in [0.3, 0.4) is 0 Å². The van der Waals surface area contributed by atoms with E-state index in [1.165, 1.54) is 0 Å². The molecule has 2 aromatic heterocycles. The zero-order chi connectivity index (χ0) is 19.0. The molecule has 1 N–H and O–H groups in total. The van der Waals surface area contributed by atoms with E-state index in [-0.39, 0.29) is 0 Å². The molecule has 1 aromatic carbocycles. The first-order chi connectivity index (χ1) is 13.1. The quantitative estimate of drug-likeness (QED) is 0.581. The zero-order valence-electron chi connectivity index (χ0n) is 15.6. The monoisotopic (exact) mass is 479 g/mol. The Morgan fingerprint density at radius 3 is 2.37 bits per heavy atom. The molecule has 0 aliphatic carbocycles. The number of benzene rings is 1. The maximum absolute atomic E-state index is 5.74. The van der Waals surface area contributed by atoms with Crippen LogP contribution >= 0.6 is 22.6 Å². The zero-order valence-corrected chi connectivity index (χ0v) is 17.8. The molecule has 1 fully saturated rings. The number of ether oxygens (including phenoxy) is 2. The number of piperazine rings is 1. The summed E-state index contributed by atoms with van der Waals surface area (Å²) in [5.41, 5.74) is 4.38. The lowest BCUT2D eigenvalue weighted by atomic mass is 10.1. The minimum Gasteiger partial charge on any atom is -0.494 e. The lowest BCUT2D eigenvalue weighted by Crippen LogP contribution is -2.44. The number of anilines is 1. The number of H-pyrrole nitrogens is 1. The molecular formula is C19H22IN5O2. The fraction of sp³-hybridized carbons (Fsp3) is 0.368. The van der Waals surface area contributed by atoms with E-state index in [2.05, 4.69) is 49.4 Å². The Morgan fingerprint density at radius 1 is 1.07 bits per heavy atom. The van der Waals surface area contributed by atoms with Crippen LogP contribution in [-0.4, -0.2) is 67.3 Å². The van der Waals surface area contributed by atoms with Crippen LogP contribution in [0.15, 0.2) is 24.5 Å². The largest absolute Gasteiger partial charge is 0.494 e. The van der Waals surface area contributed by atoms with E-state index in [0.29, 0.717) is 0 Å². The summed E-state index contributed by atoms with van der Waals surface area (Å²) in [6.45, 7) is 3.91. The Labute approximate surface area is 171 Å². The molecule has 4 rings (SSSR count). The molecule has 0 unspecified atom stereocenters. The average molecular weight is 479 g/mol. The first-order valence-electron chi connectivity index (χ1n) is 8.80. The Kier molecular flexibility index (Phi) is 5.09. The molecule has 0 spiro atoms. The molecule has 0 amide bonds. The lowest BCUT2D eigenvalue weighted by molar-refractivity contribution is 0.308. The highest BCUT2D eigenvalue weighted by molar-refractivity contribution is 14.1. The van der Waals surface area contributed by atoms with Gasteiger partial charge in [-0.3, -0.25) is 0 Å². The molecule has 0 atom stereocenters. The third-order valence-corrected chi connectivity index (χ3v) is 5.75. The summed E-state index contributed by atoms with van der Waals surface area (Å²) in [5.74, 6) is 1.58. The summed E-state index contributed by atoms with van der Waals surface area (Å²) in [6, 6.07) is 4.04. The number of methoxy groups -OCH3 is 2. The molecule has 27 heavy (non-hydrogen) atoms. The molecular weight excluding hydrogens is 457 g/mol. The van der Waals surface area contributed by atoms with Gasteiger partial charge in [-0.2, -0.15) is 0 Å². The smallest absolute Gasteiger partial charge is 0.157 e. The van der Waals surface area contributed by atoms with Gasteiger partial charge >= 0.3 is 0 Å². The van der Waals surface area contributed by atoms with Crippen molar-refractivity contribution in [2.45, 2.75) is 0 Å². The number of nitrogens with one attached hydrogen (secondary N) is 1. The number of rotatable bonds is 4. The third-order valence-electron chi connectivity index (χ3n) is 4.93. The number of aromatic amines is 1.